The third-order valence-electron chi connectivity index (χ3n) is 1.94. The van der Waals surface area contributed by atoms with Gasteiger partial charge < -0.3 is 4.74 Å². The normalized spacial score (nSPS) is 10.2. The molecule has 2 aromatic rings. The van der Waals surface area contributed by atoms with Crippen LogP contribution in [0.15, 0.2) is 12.1 Å². The van der Waals surface area contributed by atoms with Crippen molar-refractivity contribution < 1.29 is 9.53 Å². The third-order valence-corrected chi connectivity index (χ3v) is 2.23. The van der Waals surface area contributed by atoms with Crippen molar-refractivity contribution in [3.63, 3.8) is 0 Å². The molecule has 0 bridgehead atoms. The van der Waals surface area contributed by atoms with E-state index in [0.29, 0.717) is 17.3 Å². The number of Topliss-reactive ketones (excluding diaryl/α,β-unsaturated/α-hetero) is 1. The van der Waals surface area contributed by atoms with Crippen molar-refractivity contribution in [3.8, 4) is 5.88 Å². The number of carbonyl (C=O) groups is 1. The Labute approximate surface area is 101 Å². The second-order valence-electron chi connectivity index (χ2n) is 3.16. The van der Waals surface area contributed by atoms with Gasteiger partial charge in [-0.05, 0) is 13.0 Å². The molecule has 2 rings (SSSR count). The van der Waals surface area contributed by atoms with Crippen LogP contribution in [0, 0.1) is 0 Å². The zero-order chi connectivity index (χ0) is 12.3. The Hall–Kier alpha value is -2.02. The molecule has 1 N–H and O–H groups in total. The minimum absolute atomic E-state index is 0.114. The molecule has 0 aromatic carbocycles. The minimum Gasteiger partial charge on any atom is -0.469 e. The van der Waals surface area contributed by atoms with Gasteiger partial charge in [-0.2, -0.15) is 5.21 Å². The molecule has 7 nitrogen and oxygen atoms in total. The first-order chi connectivity index (χ1) is 8.16. The van der Waals surface area contributed by atoms with E-state index in [1.54, 1.807) is 12.1 Å². The number of pyridine rings is 1. The van der Waals surface area contributed by atoms with Crippen molar-refractivity contribution in [1.82, 2.24) is 25.6 Å². The van der Waals surface area contributed by atoms with Gasteiger partial charge in [0.05, 0.1) is 5.56 Å². The van der Waals surface area contributed by atoms with E-state index in [1.165, 1.54) is 6.92 Å². The molecule has 0 amide bonds. The van der Waals surface area contributed by atoms with E-state index in [0.717, 1.165) is 0 Å². The lowest BCUT2D eigenvalue weighted by Gasteiger charge is -2.04. The summed E-state index contributed by atoms with van der Waals surface area (Å²) < 4.78 is 5.27. The zero-order valence-corrected chi connectivity index (χ0v) is 9.60. The van der Waals surface area contributed by atoms with Gasteiger partial charge >= 0.3 is 0 Å². The fourth-order valence-corrected chi connectivity index (χ4v) is 1.42. The quantitative estimate of drug-likeness (QED) is 0.646. The monoisotopic (exact) mass is 253 g/mol. The van der Waals surface area contributed by atoms with E-state index in [9.17, 15) is 4.79 Å². The number of ether oxygens (including phenoxy) is 1. The number of hydrogen-bond donors (Lipinski definition) is 1. The molecule has 0 aliphatic heterocycles. The van der Waals surface area contributed by atoms with Crippen molar-refractivity contribution >= 4 is 17.4 Å². The van der Waals surface area contributed by atoms with Crippen LogP contribution < -0.4 is 4.74 Å². The van der Waals surface area contributed by atoms with Gasteiger partial charge in [0, 0.05) is 6.07 Å². The lowest BCUT2D eigenvalue weighted by molar-refractivity contribution is 0.101. The second-order valence-corrected chi connectivity index (χ2v) is 3.52. The molecule has 8 heteroatoms. The summed E-state index contributed by atoms with van der Waals surface area (Å²) in [5, 5.41) is 13.2. The van der Waals surface area contributed by atoms with Crippen molar-refractivity contribution in [2.24, 2.45) is 0 Å². The maximum Gasteiger partial charge on any atom is 0.215 e. The van der Waals surface area contributed by atoms with Crippen LogP contribution in [0.1, 0.15) is 23.1 Å². The number of halogens is 1. The van der Waals surface area contributed by atoms with Crippen molar-refractivity contribution in [1.29, 1.82) is 0 Å². The molecule has 0 saturated heterocycles. The molecule has 0 aliphatic rings. The van der Waals surface area contributed by atoms with Crippen molar-refractivity contribution in [3.05, 3.63) is 28.7 Å². The Kier molecular flexibility index (Phi) is 3.29. The second kappa shape index (κ2) is 4.88. The Balaban J connectivity index is 2.07. The molecule has 0 saturated carbocycles. The van der Waals surface area contributed by atoms with Crippen molar-refractivity contribution in [2.45, 2.75) is 13.5 Å². The third kappa shape index (κ3) is 2.76. The summed E-state index contributed by atoms with van der Waals surface area (Å²) in [5.41, 5.74) is 0.360. The Bertz CT molecular complexity index is 528. The molecule has 0 unspecified atom stereocenters. The van der Waals surface area contributed by atoms with Gasteiger partial charge in [-0.3, -0.25) is 4.79 Å². The highest BCUT2D eigenvalue weighted by molar-refractivity contribution is 6.32. The fourth-order valence-electron chi connectivity index (χ4n) is 1.14. The average Bonchev–Trinajstić information content (AvgIpc) is 2.78. The molecular formula is C9H8ClN5O2. The Morgan fingerprint density at radius 3 is 2.94 bits per heavy atom. The summed E-state index contributed by atoms with van der Waals surface area (Å²) in [5.74, 6) is 0.551. The van der Waals surface area contributed by atoms with Crippen LogP contribution >= 0.6 is 11.6 Å². The van der Waals surface area contributed by atoms with Gasteiger partial charge in [-0.15, -0.1) is 10.2 Å². The van der Waals surface area contributed by atoms with Crippen LogP contribution in [0.5, 0.6) is 5.88 Å². The topological polar surface area (TPSA) is 93.7 Å². The van der Waals surface area contributed by atoms with Crippen LogP contribution in [0.4, 0.5) is 0 Å². The number of H-pyrrole nitrogens is 1. The van der Waals surface area contributed by atoms with Crippen molar-refractivity contribution in [2.75, 3.05) is 0 Å². The van der Waals surface area contributed by atoms with Crippen LogP contribution in [0.2, 0.25) is 5.15 Å². The van der Waals surface area contributed by atoms with Gasteiger partial charge in [0.1, 0.15) is 5.15 Å². The number of nitrogens with zero attached hydrogens (tertiary/aromatic N) is 4. The summed E-state index contributed by atoms with van der Waals surface area (Å²) in [4.78, 5) is 15.1. The molecule has 88 valence electrons. The number of tetrazole rings is 1. The molecule has 17 heavy (non-hydrogen) atoms. The minimum atomic E-state index is -0.146. The number of hydrogen-bond acceptors (Lipinski definition) is 6. The van der Waals surface area contributed by atoms with Crippen LogP contribution in [0.3, 0.4) is 0 Å². The SMILES string of the molecule is CC(=O)c1ccc(OCc2nn[nH]n2)nc1Cl. The number of ketones is 1. The molecule has 0 atom stereocenters. The summed E-state index contributed by atoms with van der Waals surface area (Å²) >= 11 is 5.82. The highest BCUT2D eigenvalue weighted by atomic mass is 35.5. The average molecular weight is 254 g/mol. The number of rotatable bonds is 4. The largest absolute Gasteiger partial charge is 0.469 e. The first-order valence-corrected chi connectivity index (χ1v) is 5.07. The first-order valence-electron chi connectivity index (χ1n) is 4.69. The van der Waals surface area contributed by atoms with Crippen LogP contribution in [0.25, 0.3) is 0 Å². The van der Waals surface area contributed by atoms with Gasteiger partial charge in [-0.25, -0.2) is 4.98 Å². The van der Waals surface area contributed by atoms with E-state index in [1.807, 2.05) is 0 Å². The number of aromatic amines is 1. The molecule has 2 aromatic heterocycles. The molecule has 0 aliphatic carbocycles. The highest BCUT2D eigenvalue weighted by Crippen LogP contribution is 2.18. The lowest BCUT2D eigenvalue weighted by atomic mass is 10.2. The van der Waals surface area contributed by atoms with Gasteiger partial charge in [0.25, 0.3) is 0 Å². The van der Waals surface area contributed by atoms with E-state index in [4.69, 9.17) is 16.3 Å². The van der Waals surface area contributed by atoms with E-state index >= 15 is 0 Å². The predicted molar refractivity (Wildman–Crippen MR) is 57.8 cm³/mol. The number of aromatic nitrogens is 5. The molecule has 0 radical (unpaired) electrons. The number of carbonyl (C=O) groups excluding carboxylic acids is 1. The first kappa shape index (κ1) is 11.5. The van der Waals surface area contributed by atoms with Gasteiger partial charge in [0.15, 0.2) is 12.4 Å². The lowest BCUT2D eigenvalue weighted by Crippen LogP contribution is -2.01. The maximum atomic E-state index is 11.1. The Morgan fingerprint density at radius 2 is 2.35 bits per heavy atom. The molecule has 0 fully saturated rings. The van der Waals surface area contributed by atoms with E-state index < -0.39 is 0 Å². The van der Waals surface area contributed by atoms with E-state index in [2.05, 4.69) is 25.6 Å². The summed E-state index contributed by atoms with van der Waals surface area (Å²) in [6.07, 6.45) is 0. The Morgan fingerprint density at radius 1 is 1.53 bits per heavy atom. The molecule has 0 spiro atoms. The standard InChI is InChI=1S/C9H8ClN5O2/c1-5(16)6-2-3-8(11-9(6)10)17-4-7-12-14-15-13-7/h2-3H,4H2,1H3,(H,12,13,14,15). The summed E-state index contributed by atoms with van der Waals surface area (Å²) in [6.45, 7) is 1.54. The zero-order valence-electron chi connectivity index (χ0n) is 8.85. The van der Waals surface area contributed by atoms with Crippen LogP contribution in [-0.4, -0.2) is 31.4 Å². The van der Waals surface area contributed by atoms with Gasteiger partial charge in [-0.1, -0.05) is 16.8 Å². The molecule has 2 heterocycles. The predicted octanol–water partition coefficient (Wildman–Crippen LogP) is 1.03. The highest BCUT2D eigenvalue weighted by Gasteiger charge is 2.09. The summed E-state index contributed by atoms with van der Waals surface area (Å²) in [6, 6.07) is 3.12. The molecular weight excluding hydrogens is 246 g/mol. The van der Waals surface area contributed by atoms with Crippen LogP contribution in [-0.2, 0) is 6.61 Å². The number of nitrogens with one attached hydrogen (secondary N) is 1. The summed E-state index contributed by atoms with van der Waals surface area (Å²) in [7, 11) is 0. The smallest absolute Gasteiger partial charge is 0.215 e. The van der Waals surface area contributed by atoms with Gasteiger partial charge in [0.2, 0.25) is 11.7 Å². The fraction of sp³-hybridized carbons (Fsp3) is 0.222. The van der Waals surface area contributed by atoms with E-state index in [-0.39, 0.29) is 17.5 Å². The maximum absolute atomic E-state index is 11.1.